The third-order valence-corrected chi connectivity index (χ3v) is 6.30. The fourth-order valence-electron chi connectivity index (χ4n) is 4.48. The molecule has 0 spiro atoms. The minimum Gasteiger partial charge on any atom is -0.387 e. The first kappa shape index (κ1) is 20.5. The van der Waals surface area contributed by atoms with Gasteiger partial charge >= 0.3 is 0 Å². The molecule has 1 aliphatic carbocycles. The lowest BCUT2D eigenvalue weighted by Crippen LogP contribution is -2.50. The predicted molar refractivity (Wildman–Crippen MR) is 112 cm³/mol. The number of benzene rings is 2. The minimum atomic E-state index is -0.561. The van der Waals surface area contributed by atoms with Crippen molar-refractivity contribution < 1.29 is 19.1 Å². The topological polar surface area (TPSA) is 69.6 Å². The highest BCUT2D eigenvalue weighted by Gasteiger charge is 2.41. The summed E-state index contributed by atoms with van der Waals surface area (Å²) in [6.07, 6.45) is 4.24. The van der Waals surface area contributed by atoms with E-state index in [0.29, 0.717) is 19.4 Å². The molecule has 6 heteroatoms. The van der Waals surface area contributed by atoms with Gasteiger partial charge in [0.25, 0.3) is 0 Å². The first-order chi connectivity index (χ1) is 14.5. The zero-order valence-corrected chi connectivity index (χ0v) is 16.9. The molecule has 2 atom stereocenters. The molecule has 1 saturated heterocycles. The zero-order chi connectivity index (χ0) is 21.1. The molecule has 5 nitrogen and oxygen atoms in total. The summed E-state index contributed by atoms with van der Waals surface area (Å²) in [6.45, 7) is 0.0504. The standard InChI is InChI=1S/C24H27FN2O3/c25-20-9-3-8-19(14-20)18-7-1-4-16(12-18)13-22-21(26-23(29)15-28)10-11-27(22)24(30)17-5-2-6-17/h1,3-4,7-9,12,14,17,21-22,28H,2,5-6,10-11,13,15H2,(H,26,29). The molecule has 0 aromatic heterocycles. The van der Waals surface area contributed by atoms with E-state index in [1.807, 2.05) is 35.2 Å². The Morgan fingerprint density at radius 1 is 1.07 bits per heavy atom. The van der Waals surface area contributed by atoms with Crippen LogP contribution in [0, 0.1) is 11.7 Å². The molecule has 30 heavy (non-hydrogen) atoms. The lowest BCUT2D eigenvalue weighted by atomic mass is 9.84. The molecule has 2 aromatic rings. The van der Waals surface area contributed by atoms with Crippen molar-refractivity contribution in [1.82, 2.24) is 10.2 Å². The largest absolute Gasteiger partial charge is 0.387 e. The zero-order valence-electron chi connectivity index (χ0n) is 16.9. The van der Waals surface area contributed by atoms with Crippen LogP contribution in [-0.4, -0.2) is 47.1 Å². The van der Waals surface area contributed by atoms with Gasteiger partial charge in [0.15, 0.2) is 0 Å². The molecule has 1 saturated carbocycles. The molecule has 2 fully saturated rings. The first-order valence-corrected chi connectivity index (χ1v) is 10.6. The highest BCUT2D eigenvalue weighted by Crippen LogP contribution is 2.32. The molecule has 1 heterocycles. The van der Waals surface area contributed by atoms with Crippen LogP contribution in [0.4, 0.5) is 4.39 Å². The summed E-state index contributed by atoms with van der Waals surface area (Å²) in [4.78, 5) is 26.7. The minimum absolute atomic E-state index is 0.0958. The van der Waals surface area contributed by atoms with E-state index in [2.05, 4.69) is 5.32 Å². The number of aliphatic hydroxyl groups excluding tert-OH is 1. The Hall–Kier alpha value is -2.73. The van der Waals surface area contributed by atoms with Crippen LogP contribution in [0.2, 0.25) is 0 Å². The van der Waals surface area contributed by atoms with E-state index < -0.39 is 12.5 Å². The number of hydrogen-bond donors (Lipinski definition) is 2. The van der Waals surface area contributed by atoms with Crippen molar-refractivity contribution in [2.45, 2.75) is 44.2 Å². The van der Waals surface area contributed by atoms with Gasteiger partial charge in [-0.25, -0.2) is 4.39 Å². The summed E-state index contributed by atoms with van der Waals surface area (Å²) < 4.78 is 13.6. The molecule has 4 rings (SSSR count). The Morgan fingerprint density at radius 2 is 1.80 bits per heavy atom. The molecular formula is C24H27FN2O3. The molecule has 1 aliphatic heterocycles. The van der Waals surface area contributed by atoms with Crippen molar-refractivity contribution in [3.05, 3.63) is 59.9 Å². The van der Waals surface area contributed by atoms with Crippen LogP contribution in [0.3, 0.4) is 0 Å². The van der Waals surface area contributed by atoms with E-state index >= 15 is 0 Å². The maximum atomic E-state index is 13.6. The summed E-state index contributed by atoms with van der Waals surface area (Å²) in [7, 11) is 0. The maximum Gasteiger partial charge on any atom is 0.245 e. The van der Waals surface area contributed by atoms with Gasteiger partial charge in [-0.3, -0.25) is 9.59 Å². The number of likely N-dealkylation sites (tertiary alicyclic amines) is 1. The number of nitrogens with zero attached hydrogens (tertiary/aromatic N) is 1. The number of carbonyl (C=O) groups is 2. The van der Waals surface area contributed by atoms with Crippen molar-refractivity contribution in [3.63, 3.8) is 0 Å². The molecular weight excluding hydrogens is 383 g/mol. The number of amides is 2. The number of carbonyl (C=O) groups excluding carboxylic acids is 2. The summed E-state index contributed by atoms with van der Waals surface area (Å²) in [6, 6.07) is 14.0. The number of aliphatic hydroxyl groups is 1. The second kappa shape index (κ2) is 8.96. The fourth-order valence-corrected chi connectivity index (χ4v) is 4.48. The Balaban J connectivity index is 1.57. The van der Waals surface area contributed by atoms with E-state index in [1.165, 1.54) is 12.1 Å². The Labute approximate surface area is 175 Å². The van der Waals surface area contributed by atoms with E-state index in [4.69, 9.17) is 5.11 Å². The SMILES string of the molecule is O=C(CO)NC1CCN(C(=O)C2CCC2)C1Cc1cccc(-c2cccc(F)c2)c1. The van der Waals surface area contributed by atoms with Crippen molar-refractivity contribution in [1.29, 1.82) is 0 Å². The van der Waals surface area contributed by atoms with Crippen molar-refractivity contribution >= 4 is 11.8 Å². The normalized spacial score (nSPS) is 21.3. The average molecular weight is 410 g/mol. The Bertz CT molecular complexity index is 928. The molecule has 0 bridgehead atoms. The van der Waals surface area contributed by atoms with Crippen LogP contribution in [0.25, 0.3) is 11.1 Å². The van der Waals surface area contributed by atoms with Gasteiger partial charge in [-0.05, 0) is 54.5 Å². The van der Waals surface area contributed by atoms with Crippen LogP contribution < -0.4 is 5.32 Å². The van der Waals surface area contributed by atoms with Crippen molar-refractivity contribution in [3.8, 4) is 11.1 Å². The van der Waals surface area contributed by atoms with Crippen LogP contribution in [0.15, 0.2) is 48.5 Å². The Morgan fingerprint density at radius 3 is 2.47 bits per heavy atom. The van der Waals surface area contributed by atoms with Gasteiger partial charge in [-0.15, -0.1) is 0 Å². The van der Waals surface area contributed by atoms with Crippen molar-refractivity contribution in [2.75, 3.05) is 13.2 Å². The van der Waals surface area contributed by atoms with Crippen molar-refractivity contribution in [2.24, 2.45) is 5.92 Å². The van der Waals surface area contributed by atoms with E-state index in [1.54, 1.807) is 6.07 Å². The number of rotatable bonds is 6. The second-order valence-electron chi connectivity index (χ2n) is 8.26. The van der Waals surface area contributed by atoms with Gasteiger partial charge in [0.1, 0.15) is 12.4 Å². The molecule has 2 amide bonds. The monoisotopic (exact) mass is 410 g/mol. The van der Waals surface area contributed by atoms with Crippen LogP contribution in [0.5, 0.6) is 0 Å². The molecule has 2 unspecified atom stereocenters. The lowest BCUT2D eigenvalue weighted by molar-refractivity contribution is -0.139. The maximum absolute atomic E-state index is 13.6. The van der Waals surface area contributed by atoms with Gasteiger partial charge in [0.2, 0.25) is 11.8 Å². The summed E-state index contributed by atoms with van der Waals surface area (Å²) in [5, 5.41) is 12.0. The number of halogens is 1. The fraction of sp³-hybridized carbons (Fsp3) is 0.417. The van der Waals surface area contributed by atoms with E-state index in [-0.39, 0.29) is 29.7 Å². The molecule has 2 N–H and O–H groups in total. The summed E-state index contributed by atoms with van der Waals surface area (Å²) in [5.74, 6) is -0.430. The number of nitrogens with one attached hydrogen (secondary N) is 1. The smallest absolute Gasteiger partial charge is 0.245 e. The van der Waals surface area contributed by atoms with Crippen LogP contribution >= 0.6 is 0 Å². The number of hydrogen-bond acceptors (Lipinski definition) is 3. The first-order valence-electron chi connectivity index (χ1n) is 10.6. The van der Waals surface area contributed by atoms with Gasteiger partial charge < -0.3 is 15.3 Å². The molecule has 2 aliphatic rings. The van der Waals surface area contributed by atoms with Gasteiger partial charge in [0, 0.05) is 12.5 Å². The Kier molecular flexibility index (Phi) is 6.13. The highest BCUT2D eigenvalue weighted by molar-refractivity contribution is 5.81. The summed E-state index contributed by atoms with van der Waals surface area (Å²) >= 11 is 0. The molecule has 158 valence electrons. The molecule has 0 radical (unpaired) electrons. The average Bonchev–Trinajstić information content (AvgIpc) is 3.09. The highest BCUT2D eigenvalue weighted by atomic mass is 19.1. The van der Waals surface area contributed by atoms with E-state index in [9.17, 15) is 14.0 Å². The van der Waals surface area contributed by atoms with Gasteiger partial charge in [-0.1, -0.05) is 42.8 Å². The van der Waals surface area contributed by atoms with Crippen LogP contribution in [-0.2, 0) is 16.0 Å². The predicted octanol–water partition coefficient (Wildman–Crippen LogP) is 2.91. The van der Waals surface area contributed by atoms with E-state index in [0.717, 1.165) is 36.0 Å². The molecule has 2 aromatic carbocycles. The second-order valence-corrected chi connectivity index (χ2v) is 8.26. The third-order valence-electron chi connectivity index (χ3n) is 6.30. The quantitative estimate of drug-likeness (QED) is 0.769. The van der Waals surface area contributed by atoms with Crippen LogP contribution in [0.1, 0.15) is 31.2 Å². The lowest BCUT2D eigenvalue weighted by Gasteiger charge is -2.34. The third kappa shape index (κ3) is 4.38. The van der Waals surface area contributed by atoms with Gasteiger partial charge in [-0.2, -0.15) is 0 Å². The summed E-state index contributed by atoms with van der Waals surface area (Å²) in [5.41, 5.74) is 2.74. The van der Waals surface area contributed by atoms with Gasteiger partial charge in [0.05, 0.1) is 12.1 Å².